The molecule has 0 spiro atoms. The van der Waals surface area contributed by atoms with Crippen LogP contribution in [0.5, 0.6) is 0 Å². The Morgan fingerprint density at radius 3 is 2.26 bits per heavy atom. The van der Waals surface area contributed by atoms with Crippen LogP contribution >= 0.6 is 11.6 Å². The maximum Gasteiger partial charge on any atom is 0.374 e. The van der Waals surface area contributed by atoms with Crippen LogP contribution in [-0.4, -0.2) is 51.8 Å². The van der Waals surface area contributed by atoms with Crippen LogP contribution < -0.4 is 0 Å². The number of aromatic nitrogens is 1. The van der Waals surface area contributed by atoms with E-state index in [1.165, 1.54) is 0 Å². The second-order valence-electron chi connectivity index (χ2n) is 3.21. The summed E-state index contributed by atoms with van der Waals surface area (Å²) in [6.07, 6.45) is 0. The van der Waals surface area contributed by atoms with Crippen molar-refractivity contribution in [2.24, 2.45) is 5.16 Å². The molecule has 0 bridgehead atoms. The summed E-state index contributed by atoms with van der Waals surface area (Å²) in [7, 11) is 0. The lowest BCUT2D eigenvalue weighted by Gasteiger charge is -1.94. The Morgan fingerprint density at radius 1 is 1.30 bits per heavy atom. The summed E-state index contributed by atoms with van der Waals surface area (Å²) < 4.78 is 13.2. The molecule has 2 N–H and O–H groups in total. The molecular weight excluding hydrogens is 336 g/mol. The molecule has 0 radical (unpaired) electrons. The molecule has 0 atom stereocenters. The van der Waals surface area contributed by atoms with Gasteiger partial charge in [0.1, 0.15) is 0 Å². The van der Waals surface area contributed by atoms with Crippen molar-refractivity contribution in [1.82, 2.24) is 5.16 Å². The van der Waals surface area contributed by atoms with Gasteiger partial charge in [-0.05, 0) is 13.8 Å². The van der Waals surface area contributed by atoms with Crippen LogP contribution in [-0.2, 0) is 14.3 Å². The van der Waals surface area contributed by atoms with E-state index in [0.717, 1.165) is 6.07 Å². The smallest absolute Gasteiger partial charge is 0.374 e. The predicted octanol–water partition coefficient (Wildman–Crippen LogP) is 1.76. The number of esters is 2. The number of aromatic carboxylic acids is 1. The van der Waals surface area contributed by atoms with Crippen molar-refractivity contribution >= 4 is 34.7 Å². The average Bonchev–Trinajstić information content (AvgIpc) is 2.97. The molecule has 0 saturated carbocycles. The fourth-order valence-electron chi connectivity index (χ4n) is 0.909. The number of rotatable bonds is 5. The fourth-order valence-corrected chi connectivity index (χ4v) is 0.963. The molecular formula is C12H17ClN2O8. The number of oxime groups is 1. The maximum absolute atomic E-state index is 10.9. The summed E-state index contributed by atoms with van der Waals surface area (Å²) in [5.41, 5.74) is -0.140. The standard InChI is InChI=1S/C7H7NO5.C4H6ClNO3.CH4/c1-2-12-7(11)4-3-5(6(9)10)13-8-4;1-2-9-4(7)3(5)6-8;/h3H,2H2,1H3,(H,9,10);8H,2H2,1H3;1H4/b;6-3-;. The highest BCUT2D eigenvalue weighted by Crippen LogP contribution is 2.04. The SMILES string of the molecule is C.CCOC(=O)/C(Cl)=N/O.CCOC(=O)c1cc(C(=O)O)on1. The van der Waals surface area contributed by atoms with Gasteiger partial charge in [0.05, 0.1) is 13.2 Å². The van der Waals surface area contributed by atoms with Gasteiger partial charge in [0.2, 0.25) is 5.76 Å². The molecule has 11 heteroatoms. The van der Waals surface area contributed by atoms with E-state index in [1.807, 2.05) is 0 Å². The first kappa shape index (κ1) is 22.7. The van der Waals surface area contributed by atoms with E-state index in [1.54, 1.807) is 13.8 Å². The Bertz CT molecular complexity index is 555. The van der Waals surface area contributed by atoms with E-state index in [0.29, 0.717) is 0 Å². The molecule has 1 heterocycles. The van der Waals surface area contributed by atoms with Crippen molar-refractivity contribution in [2.75, 3.05) is 13.2 Å². The lowest BCUT2D eigenvalue weighted by Crippen LogP contribution is -2.11. The number of ether oxygens (including phenoxy) is 2. The van der Waals surface area contributed by atoms with Crippen molar-refractivity contribution < 1.29 is 38.7 Å². The van der Waals surface area contributed by atoms with Gasteiger partial charge >= 0.3 is 17.9 Å². The summed E-state index contributed by atoms with van der Waals surface area (Å²) in [5, 5.41) is 21.4. The second-order valence-corrected chi connectivity index (χ2v) is 3.57. The molecule has 0 aromatic carbocycles. The van der Waals surface area contributed by atoms with Crippen molar-refractivity contribution in [1.29, 1.82) is 0 Å². The molecule has 1 rings (SSSR count). The number of halogens is 1. The van der Waals surface area contributed by atoms with Crippen LogP contribution in [0, 0.1) is 0 Å². The Kier molecular flexibility index (Phi) is 11.8. The number of carbonyl (C=O) groups is 3. The Labute approximate surface area is 136 Å². The van der Waals surface area contributed by atoms with E-state index in [9.17, 15) is 14.4 Å². The number of hydrogen-bond donors (Lipinski definition) is 2. The van der Waals surface area contributed by atoms with Gasteiger partial charge in [-0.3, -0.25) is 0 Å². The quantitative estimate of drug-likeness (QED) is 0.349. The highest BCUT2D eigenvalue weighted by Gasteiger charge is 2.16. The van der Waals surface area contributed by atoms with Crippen LogP contribution in [0.1, 0.15) is 42.3 Å². The van der Waals surface area contributed by atoms with E-state index in [-0.39, 0.29) is 32.1 Å². The molecule has 0 fully saturated rings. The number of carboxylic acid groups (broad SMARTS) is 1. The van der Waals surface area contributed by atoms with Gasteiger partial charge in [-0.15, -0.1) is 0 Å². The summed E-state index contributed by atoms with van der Waals surface area (Å²) in [6, 6.07) is 1.01. The lowest BCUT2D eigenvalue weighted by atomic mass is 10.4. The fraction of sp³-hybridized carbons (Fsp3) is 0.417. The average molecular weight is 353 g/mol. The van der Waals surface area contributed by atoms with Crippen LogP contribution in [0.2, 0.25) is 0 Å². The van der Waals surface area contributed by atoms with Gasteiger partial charge in [-0.2, -0.15) is 0 Å². The van der Waals surface area contributed by atoms with Crippen molar-refractivity contribution in [3.05, 3.63) is 17.5 Å². The van der Waals surface area contributed by atoms with Crippen LogP contribution in [0.3, 0.4) is 0 Å². The zero-order chi connectivity index (χ0) is 17.1. The van der Waals surface area contributed by atoms with E-state index >= 15 is 0 Å². The summed E-state index contributed by atoms with van der Waals surface area (Å²) in [4.78, 5) is 31.6. The zero-order valence-corrected chi connectivity index (χ0v) is 12.4. The maximum atomic E-state index is 10.9. The minimum atomic E-state index is -1.27. The molecule has 0 saturated heterocycles. The Hall–Kier alpha value is -2.62. The molecule has 0 amide bonds. The van der Waals surface area contributed by atoms with E-state index in [2.05, 4.69) is 24.3 Å². The zero-order valence-electron chi connectivity index (χ0n) is 11.6. The van der Waals surface area contributed by atoms with Crippen molar-refractivity contribution in [3.8, 4) is 0 Å². The molecule has 0 aliphatic rings. The van der Waals surface area contributed by atoms with Gasteiger partial charge in [0, 0.05) is 6.07 Å². The van der Waals surface area contributed by atoms with E-state index < -0.39 is 23.1 Å². The largest absolute Gasteiger partial charge is 0.475 e. The van der Waals surface area contributed by atoms with Gasteiger partial charge < -0.3 is 24.3 Å². The number of carbonyl (C=O) groups excluding carboxylic acids is 2. The number of hydrogen-bond acceptors (Lipinski definition) is 9. The minimum absolute atomic E-state index is 0. The van der Waals surface area contributed by atoms with Gasteiger partial charge in [-0.25, -0.2) is 14.4 Å². The lowest BCUT2D eigenvalue weighted by molar-refractivity contribution is -0.134. The second kappa shape index (κ2) is 12.0. The van der Waals surface area contributed by atoms with Crippen LogP contribution in [0.15, 0.2) is 15.7 Å². The highest BCUT2D eigenvalue weighted by molar-refractivity contribution is 6.81. The molecule has 1 aromatic rings. The monoisotopic (exact) mass is 352 g/mol. The summed E-state index contributed by atoms with van der Waals surface area (Å²) in [6.45, 7) is 3.67. The molecule has 130 valence electrons. The van der Waals surface area contributed by atoms with Gasteiger partial charge in [0.15, 0.2) is 5.69 Å². The van der Waals surface area contributed by atoms with Crippen molar-refractivity contribution in [2.45, 2.75) is 21.3 Å². The molecule has 10 nitrogen and oxygen atoms in total. The predicted molar refractivity (Wildman–Crippen MR) is 77.9 cm³/mol. The summed E-state index contributed by atoms with van der Waals surface area (Å²) in [5.74, 6) is -3.17. The topological polar surface area (TPSA) is 149 Å². The molecule has 23 heavy (non-hydrogen) atoms. The minimum Gasteiger partial charge on any atom is -0.475 e. The first-order valence-corrected chi connectivity index (χ1v) is 6.16. The highest BCUT2D eigenvalue weighted by atomic mass is 35.5. The molecule has 1 aromatic heterocycles. The first-order chi connectivity index (χ1) is 10.4. The third-order valence-corrected chi connectivity index (χ3v) is 1.97. The van der Waals surface area contributed by atoms with E-state index in [4.69, 9.17) is 21.9 Å². The third-order valence-electron chi connectivity index (χ3n) is 1.74. The van der Waals surface area contributed by atoms with Gasteiger partial charge in [-0.1, -0.05) is 29.3 Å². The molecule has 0 unspecified atom stereocenters. The number of carboxylic acids is 1. The van der Waals surface area contributed by atoms with Crippen LogP contribution in [0.25, 0.3) is 0 Å². The normalized spacial score (nSPS) is 9.78. The number of nitrogens with zero attached hydrogens (tertiary/aromatic N) is 2. The summed E-state index contributed by atoms with van der Waals surface area (Å²) >= 11 is 5.02. The van der Waals surface area contributed by atoms with Gasteiger partial charge in [0.25, 0.3) is 5.17 Å². The van der Waals surface area contributed by atoms with Crippen LogP contribution in [0.4, 0.5) is 0 Å². The Balaban J connectivity index is 0. The van der Waals surface area contributed by atoms with Crippen molar-refractivity contribution in [3.63, 3.8) is 0 Å². The molecule has 0 aliphatic carbocycles. The first-order valence-electron chi connectivity index (χ1n) is 5.79. The Morgan fingerprint density at radius 2 is 1.87 bits per heavy atom. The molecule has 0 aliphatic heterocycles. The third kappa shape index (κ3) is 8.41.